The van der Waals surface area contributed by atoms with Gasteiger partial charge >= 0.3 is 0 Å². The molecular weight excluding hydrogens is 352 g/mol. The average molecular weight is 376 g/mol. The molecule has 7 heteroatoms. The maximum absolute atomic E-state index is 12.7. The van der Waals surface area contributed by atoms with Gasteiger partial charge in [0.05, 0.1) is 29.8 Å². The Balaban J connectivity index is 1.34. The molecule has 1 aromatic carbocycles. The van der Waals surface area contributed by atoms with E-state index in [1.54, 1.807) is 12.1 Å². The zero-order valence-electron chi connectivity index (χ0n) is 14.9. The summed E-state index contributed by atoms with van der Waals surface area (Å²) in [5.41, 5.74) is 0.951. The third-order valence-electron chi connectivity index (χ3n) is 6.34. The van der Waals surface area contributed by atoms with Gasteiger partial charge in [-0.05, 0) is 31.2 Å². The summed E-state index contributed by atoms with van der Waals surface area (Å²) in [5.74, 6) is 1.04. The molecule has 4 aliphatic heterocycles. The molecule has 0 aromatic heterocycles. The Kier molecular flexibility index (Phi) is 3.73. The Labute approximate surface area is 154 Å². The van der Waals surface area contributed by atoms with E-state index in [0.717, 1.165) is 18.8 Å². The van der Waals surface area contributed by atoms with Crippen LogP contribution in [0.1, 0.15) is 6.92 Å². The number of hydrogen-bond acceptors (Lipinski definition) is 5. The number of benzene rings is 1. The van der Waals surface area contributed by atoms with Crippen LogP contribution in [0.3, 0.4) is 0 Å². The van der Waals surface area contributed by atoms with Crippen molar-refractivity contribution in [1.82, 2.24) is 4.31 Å². The van der Waals surface area contributed by atoms with E-state index in [-0.39, 0.29) is 11.7 Å². The van der Waals surface area contributed by atoms with Crippen molar-refractivity contribution in [1.29, 1.82) is 0 Å². The maximum Gasteiger partial charge on any atom is 0.243 e. The van der Waals surface area contributed by atoms with Crippen LogP contribution in [0.25, 0.3) is 0 Å². The first kappa shape index (κ1) is 16.7. The average Bonchev–Trinajstić information content (AvgIpc) is 3.33. The van der Waals surface area contributed by atoms with Crippen molar-refractivity contribution in [2.24, 2.45) is 11.8 Å². The number of hydrogen-bond donors (Lipinski definition) is 0. The first-order valence-electron chi connectivity index (χ1n) is 9.27. The Bertz CT molecular complexity index is 832. The largest absolute Gasteiger partial charge is 0.379 e. The number of anilines is 1. The quantitative estimate of drug-likeness (QED) is 0.748. The predicted molar refractivity (Wildman–Crippen MR) is 97.6 cm³/mol. The molecule has 4 aliphatic rings. The lowest BCUT2D eigenvalue weighted by Gasteiger charge is -2.27. The summed E-state index contributed by atoms with van der Waals surface area (Å²) in [6.07, 6.45) is 4.64. The highest BCUT2D eigenvalue weighted by atomic mass is 32.2. The smallest absolute Gasteiger partial charge is 0.243 e. The zero-order chi connectivity index (χ0) is 17.9. The molecule has 6 nitrogen and oxygen atoms in total. The van der Waals surface area contributed by atoms with E-state index in [1.807, 2.05) is 12.1 Å². The second kappa shape index (κ2) is 5.79. The zero-order valence-corrected chi connectivity index (χ0v) is 15.7. The van der Waals surface area contributed by atoms with Crippen molar-refractivity contribution >= 4 is 15.7 Å². The minimum absolute atomic E-state index is 0.135. The van der Waals surface area contributed by atoms with Crippen LogP contribution in [0.2, 0.25) is 0 Å². The molecule has 5 rings (SSSR count). The highest BCUT2D eigenvalue weighted by molar-refractivity contribution is 7.89. The van der Waals surface area contributed by atoms with Crippen LogP contribution in [0.5, 0.6) is 0 Å². The van der Waals surface area contributed by atoms with Gasteiger partial charge < -0.3 is 14.4 Å². The lowest BCUT2D eigenvalue weighted by molar-refractivity contribution is 0.0256. The van der Waals surface area contributed by atoms with Gasteiger partial charge in [0.1, 0.15) is 0 Å². The molecule has 2 unspecified atom stereocenters. The van der Waals surface area contributed by atoms with Gasteiger partial charge in [-0.1, -0.05) is 12.2 Å². The molecule has 3 fully saturated rings. The van der Waals surface area contributed by atoms with Crippen LogP contribution in [0.4, 0.5) is 5.69 Å². The minimum atomic E-state index is -3.43. The van der Waals surface area contributed by atoms with E-state index in [4.69, 9.17) is 9.47 Å². The summed E-state index contributed by atoms with van der Waals surface area (Å²) in [6, 6.07) is 7.35. The van der Waals surface area contributed by atoms with Crippen molar-refractivity contribution < 1.29 is 17.9 Å². The summed E-state index contributed by atoms with van der Waals surface area (Å²) in [7, 11) is -3.43. The number of sulfonamides is 1. The molecule has 2 bridgehead atoms. The van der Waals surface area contributed by atoms with Gasteiger partial charge in [-0.3, -0.25) is 0 Å². The monoisotopic (exact) mass is 376 g/mol. The van der Waals surface area contributed by atoms with Crippen LogP contribution in [-0.4, -0.2) is 63.8 Å². The number of fused-ring (bicyclic) bond motifs is 5. The molecule has 4 atom stereocenters. The normalized spacial score (nSPS) is 36.7. The molecular formula is C19H24N2O4S. The number of morpholine rings is 1. The second-order valence-corrected chi connectivity index (χ2v) is 9.75. The van der Waals surface area contributed by atoms with E-state index >= 15 is 0 Å². The topological polar surface area (TPSA) is 59.1 Å². The molecule has 0 N–H and O–H groups in total. The maximum atomic E-state index is 12.7. The highest BCUT2D eigenvalue weighted by Crippen LogP contribution is 2.50. The molecule has 3 saturated heterocycles. The van der Waals surface area contributed by atoms with Gasteiger partial charge in [-0.2, -0.15) is 4.31 Å². The summed E-state index contributed by atoms with van der Waals surface area (Å²) in [4.78, 5) is 2.72. The summed E-state index contributed by atoms with van der Waals surface area (Å²) >= 11 is 0. The van der Waals surface area contributed by atoms with Crippen LogP contribution in [0, 0.1) is 11.8 Å². The Morgan fingerprint density at radius 1 is 1.12 bits per heavy atom. The van der Waals surface area contributed by atoms with E-state index in [1.165, 1.54) is 4.31 Å². The van der Waals surface area contributed by atoms with E-state index in [2.05, 4.69) is 24.0 Å². The van der Waals surface area contributed by atoms with Gasteiger partial charge in [-0.15, -0.1) is 0 Å². The lowest BCUT2D eigenvalue weighted by atomic mass is 9.79. The number of rotatable bonds is 3. The molecule has 4 heterocycles. The van der Waals surface area contributed by atoms with Crippen LogP contribution in [-0.2, 0) is 19.5 Å². The first-order valence-corrected chi connectivity index (χ1v) is 10.7. The molecule has 140 valence electrons. The minimum Gasteiger partial charge on any atom is -0.379 e. The fourth-order valence-electron chi connectivity index (χ4n) is 4.84. The van der Waals surface area contributed by atoms with E-state index in [0.29, 0.717) is 43.0 Å². The standard InChI is InChI=1S/C19H24N2O4S/c1-19-7-6-18(25-19)16-12-20(13-17(16)19)14-2-4-15(5-3-14)26(22,23)21-8-10-24-11-9-21/h2-7,16-18H,8-13H2,1H3/t16-,17+,18?,19?/m0/s1. The van der Waals surface area contributed by atoms with Gasteiger partial charge in [0.15, 0.2) is 0 Å². The van der Waals surface area contributed by atoms with Gasteiger partial charge in [0.2, 0.25) is 10.0 Å². The Hall–Kier alpha value is -1.41. The van der Waals surface area contributed by atoms with Gasteiger partial charge in [0.25, 0.3) is 0 Å². The van der Waals surface area contributed by atoms with Crippen LogP contribution >= 0.6 is 0 Å². The molecule has 0 amide bonds. The van der Waals surface area contributed by atoms with E-state index in [9.17, 15) is 8.42 Å². The highest BCUT2D eigenvalue weighted by Gasteiger charge is 2.57. The van der Waals surface area contributed by atoms with Crippen molar-refractivity contribution in [3.8, 4) is 0 Å². The number of ether oxygens (including phenoxy) is 2. The van der Waals surface area contributed by atoms with Gasteiger partial charge in [-0.25, -0.2) is 8.42 Å². The van der Waals surface area contributed by atoms with E-state index < -0.39 is 10.0 Å². The van der Waals surface area contributed by atoms with Crippen LogP contribution in [0.15, 0.2) is 41.3 Å². The van der Waals surface area contributed by atoms with Crippen molar-refractivity contribution in [3.05, 3.63) is 36.4 Å². The summed E-state index contributed by atoms with van der Waals surface area (Å²) < 4.78 is 38.4. The Morgan fingerprint density at radius 3 is 2.54 bits per heavy atom. The molecule has 26 heavy (non-hydrogen) atoms. The lowest BCUT2D eigenvalue weighted by Crippen LogP contribution is -2.40. The fraction of sp³-hybridized carbons (Fsp3) is 0.579. The molecule has 0 aliphatic carbocycles. The SMILES string of the molecule is CC12C=CC(O1)[C@H]1CN(c3ccc(S(=O)(=O)N4CCOCC4)cc3)C[C@H]12. The molecule has 1 aromatic rings. The summed E-state index contributed by atoms with van der Waals surface area (Å²) in [6.45, 7) is 5.87. The Morgan fingerprint density at radius 2 is 1.85 bits per heavy atom. The summed E-state index contributed by atoms with van der Waals surface area (Å²) in [5, 5.41) is 0. The van der Waals surface area contributed by atoms with Crippen molar-refractivity contribution in [2.75, 3.05) is 44.3 Å². The van der Waals surface area contributed by atoms with Crippen molar-refractivity contribution in [2.45, 2.75) is 23.5 Å². The second-order valence-electron chi connectivity index (χ2n) is 7.81. The molecule has 0 radical (unpaired) electrons. The first-order chi connectivity index (χ1) is 12.5. The third kappa shape index (κ3) is 2.45. The predicted octanol–water partition coefficient (Wildman–Crippen LogP) is 1.49. The fourth-order valence-corrected chi connectivity index (χ4v) is 6.25. The molecule has 0 spiro atoms. The number of nitrogens with zero attached hydrogens (tertiary/aromatic N) is 2. The molecule has 0 saturated carbocycles. The van der Waals surface area contributed by atoms with Crippen molar-refractivity contribution in [3.63, 3.8) is 0 Å². The van der Waals surface area contributed by atoms with Crippen LogP contribution < -0.4 is 4.90 Å². The third-order valence-corrected chi connectivity index (χ3v) is 8.25. The van der Waals surface area contributed by atoms with Gasteiger partial charge in [0, 0.05) is 43.7 Å².